The van der Waals surface area contributed by atoms with Crippen LogP contribution in [0.3, 0.4) is 0 Å². The fourth-order valence-electron chi connectivity index (χ4n) is 2.09. The summed E-state index contributed by atoms with van der Waals surface area (Å²) in [7, 11) is 0. The number of nitrogens with one attached hydrogen (secondary N) is 2. The van der Waals surface area contributed by atoms with E-state index in [1.807, 2.05) is 0 Å². The Hall–Kier alpha value is -2.50. The molecule has 0 saturated carbocycles. The molecule has 0 saturated heterocycles. The maximum absolute atomic E-state index is 12.8. The second-order valence-electron chi connectivity index (χ2n) is 6.03. The number of aromatic nitrogens is 2. The smallest absolute Gasteiger partial charge is 0.271 e. The average Bonchev–Trinajstić information content (AvgIpc) is 2.57. The summed E-state index contributed by atoms with van der Waals surface area (Å²) in [5.41, 5.74) is 1.35. The Morgan fingerprint density at radius 3 is 2.50 bits per heavy atom. The van der Waals surface area contributed by atoms with Crippen LogP contribution in [0.4, 0.5) is 10.2 Å². The van der Waals surface area contributed by atoms with Crippen LogP contribution < -0.4 is 10.6 Å². The van der Waals surface area contributed by atoms with Crippen molar-refractivity contribution < 1.29 is 9.18 Å². The van der Waals surface area contributed by atoms with Crippen LogP contribution >= 0.6 is 0 Å². The molecule has 128 valence electrons. The van der Waals surface area contributed by atoms with Crippen LogP contribution in [0.15, 0.2) is 36.7 Å². The summed E-state index contributed by atoms with van der Waals surface area (Å²) in [6.07, 6.45) is 4.69. The fraction of sp³-hybridized carbons (Fsp3) is 0.389. The van der Waals surface area contributed by atoms with E-state index in [1.165, 1.54) is 18.3 Å². The molecule has 1 amide bonds. The molecule has 0 unspecified atom stereocenters. The highest BCUT2D eigenvalue weighted by Crippen LogP contribution is 2.05. The third kappa shape index (κ3) is 5.95. The number of nitrogens with zero attached hydrogens (tertiary/aromatic N) is 2. The van der Waals surface area contributed by atoms with Crippen molar-refractivity contribution in [3.05, 3.63) is 53.7 Å². The van der Waals surface area contributed by atoms with Gasteiger partial charge in [0.1, 0.15) is 17.3 Å². The van der Waals surface area contributed by atoms with Crippen LogP contribution in [0.1, 0.15) is 36.3 Å². The summed E-state index contributed by atoms with van der Waals surface area (Å²) in [5.74, 6) is 0.709. The van der Waals surface area contributed by atoms with E-state index in [9.17, 15) is 9.18 Å². The Labute approximate surface area is 141 Å². The number of anilines is 1. The molecule has 0 fully saturated rings. The number of hydrogen-bond donors (Lipinski definition) is 2. The molecular formula is C18H23FN4O. The van der Waals surface area contributed by atoms with Gasteiger partial charge in [0.25, 0.3) is 5.91 Å². The van der Waals surface area contributed by atoms with Gasteiger partial charge in [-0.1, -0.05) is 26.0 Å². The van der Waals surface area contributed by atoms with Crippen LogP contribution in [0.25, 0.3) is 0 Å². The Kier molecular flexibility index (Phi) is 6.66. The molecule has 2 N–H and O–H groups in total. The van der Waals surface area contributed by atoms with E-state index in [0.717, 1.165) is 18.4 Å². The van der Waals surface area contributed by atoms with Crippen molar-refractivity contribution in [2.75, 3.05) is 18.4 Å². The SMILES string of the molecule is CC(C)CCNC(=O)c1cnc(NCCc2ccc(F)cc2)cn1. The van der Waals surface area contributed by atoms with Crippen molar-refractivity contribution in [2.24, 2.45) is 5.92 Å². The largest absolute Gasteiger partial charge is 0.368 e. The number of carbonyl (C=O) groups is 1. The lowest BCUT2D eigenvalue weighted by molar-refractivity contribution is 0.0946. The first-order valence-electron chi connectivity index (χ1n) is 8.13. The summed E-state index contributed by atoms with van der Waals surface area (Å²) in [5, 5.41) is 5.96. The number of rotatable bonds is 8. The third-order valence-corrected chi connectivity index (χ3v) is 3.52. The normalized spacial score (nSPS) is 10.7. The molecule has 0 atom stereocenters. The Bertz CT molecular complexity index is 641. The van der Waals surface area contributed by atoms with Crippen LogP contribution in [0.5, 0.6) is 0 Å². The number of hydrogen-bond acceptors (Lipinski definition) is 4. The van der Waals surface area contributed by atoms with E-state index in [1.54, 1.807) is 18.3 Å². The van der Waals surface area contributed by atoms with Crippen molar-refractivity contribution in [3.63, 3.8) is 0 Å². The minimum atomic E-state index is -0.236. The minimum absolute atomic E-state index is 0.207. The summed E-state index contributed by atoms with van der Waals surface area (Å²) in [6, 6.07) is 6.41. The third-order valence-electron chi connectivity index (χ3n) is 3.52. The standard InChI is InChI=1S/C18H23FN4O/c1-13(2)7-9-21-18(24)16-11-23-17(12-22-16)20-10-8-14-3-5-15(19)6-4-14/h3-6,11-13H,7-10H2,1-2H3,(H,20,23)(H,21,24). The van der Waals surface area contributed by atoms with Crippen molar-refractivity contribution >= 4 is 11.7 Å². The lowest BCUT2D eigenvalue weighted by Gasteiger charge is -2.08. The zero-order valence-corrected chi connectivity index (χ0v) is 14.1. The summed E-state index contributed by atoms with van der Waals surface area (Å²) in [4.78, 5) is 20.2. The van der Waals surface area contributed by atoms with Gasteiger partial charge in [0.05, 0.1) is 12.4 Å². The number of amides is 1. The van der Waals surface area contributed by atoms with Crippen LogP contribution in [-0.4, -0.2) is 29.0 Å². The van der Waals surface area contributed by atoms with Crippen LogP contribution in [0, 0.1) is 11.7 Å². The predicted molar refractivity (Wildman–Crippen MR) is 92.4 cm³/mol. The first-order chi connectivity index (χ1) is 11.5. The number of carbonyl (C=O) groups excluding carboxylic acids is 1. The highest BCUT2D eigenvalue weighted by atomic mass is 19.1. The fourth-order valence-corrected chi connectivity index (χ4v) is 2.09. The minimum Gasteiger partial charge on any atom is -0.368 e. The van der Waals surface area contributed by atoms with E-state index in [-0.39, 0.29) is 11.7 Å². The molecule has 6 heteroatoms. The van der Waals surface area contributed by atoms with Crippen molar-refractivity contribution in [1.82, 2.24) is 15.3 Å². The quantitative estimate of drug-likeness (QED) is 0.781. The van der Waals surface area contributed by atoms with E-state index < -0.39 is 0 Å². The highest BCUT2D eigenvalue weighted by Gasteiger charge is 2.07. The van der Waals surface area contributed by atoms with E-state index in [0.29, 0.717) is 30.5 Å². The molecule has 5 nitrogen and oxygen atoms in total. The average molecular weight is 330 g/mol. The number of halogens is 1. The zero-order chi connectivity index (χ0) is 17.4. The predicted octanol–water partition coefficient (Wildman–Crippen LogP) is 3.05. The Morgan fingerprint density at radius 1 is 1.12 bits per heavy atom. The van der Waals surface area contributed by atoms with Crippen molar-refractivity contribution in [3.8, 4) is 0 Å². The second-order valence-corrected chi connectivity index (χ2v) is 6.03. The molecule has 0 spiro atoms. The molecule has 1 aromatic heterocycles. The maximum Gasteiger partial charge on any atom is 0.271 e. The van der Waals surface area contributed by atoms with Gasteiger partial charge in [0.15, 0.2) is 0 Å². The topological polar surface area (TPSA) is 66.9 Å². The van der Waals surface area contributed by atoms with Gasteiger partial charge in [-0.3, -0.25) is 4.79 Å². The molecule has 0 aliphatic carbocycles. The molecule has 1 heterocycles. The lowest BCUT2D eigenvalue weighted by atomic mass is 10.1. The molecule has 0 aliphatic rings. The summed E-state index contributed by atoms with van der Waals surface area (Å²) in [6.45, 7) is 5.51. The Morgan fingerprint density at radius 2 is 1.88 bits per heavy atom. The number of benzene rings is 1. The van der Waals surface area contributed by atoms with Crippen molar-refractivity contribution in [2.45, 2.75) is 26.7 Å². The lowest BCUT2D eigenvalue weighted by Crippen LogP contribution is -2.26. The Balaban J connectivity index is 1.77. The molecule has 2 rings (SSSR count). The van der Waals surface area contributed by atoms with Gasteiger partial charge in [-0.05, 0) is 36.5 Å². The second kappa shape index (κ2) is 8.96. The van der Waals surface area contributed by atoms with Crippen LogP contribution in [-0.2, 0) is 6.42 Å². The maximum atomic E-state index is 12.8. The monoisotopic (exact) mass is 330 g/mol. The zero-order valence-electron chi connectivity index (χ0n) is 14.1. The first kappa shape index (κ1) is 17.8. The van der Waals surface area contributed by atoms with Crippen molar-refractivity contribution in [1.29, 1.82) is 0 Å². The molecule has 1 aromatic carbocycles. The summed E-state index contributed by atoms with van der Waals surface area (Å²) < 4.78 is 12.8. The molecule has 2 aromatic rings. The van der Waals surface area contributed by atoms with Gasteiger partial charge in [0.2, 0.25) is 0 Å². The van der Waals surface area contributed by atoms with Gasteiger partial charge < -0.3 is 10.6 Å². The molecule has 24 heavy (non-hydrogen) atoms. The van der Waals surface area contributed by atoms with Gasteiger partial charge in [-0.25, -0.2) is 14.4 Å². The summed E-state index contributed by atoms with van der Waals surface area (Å²) >= 11 is 0. The van der Waals surface area contributed by atoms with Crippen LogP contribution in [0.2, 0.25) is 0 Å². The molecule has 0 bridgehead atoms. The van der Waals surface area contributed by atoms with Gasteiger partial charge in [-0.2, -0.15) is 0 Å². The van der Waals surface area contributed by atoms with Gasteiger partial charge >= 0.3 is 0 Å². The van der Waals surface area contributed by atoms with E-state index >= 15 is 0 Å². The van der Waals surface area contributed by atoms with Gasteiger partial charge in [0, 0.05) is 13.1 Å². The van der Waals surface area contributed by atoms with Gasteiger partial charge in [-0.15, -0.1) is 0 Å². The van der Waals surface area contributed by atoms with E-state index in [4.69, 9.17) is 0 Å². The molecule has 0 radical (unpaired) electrons. The molecular weight excluding hydrogens is 307 g/mol. The highest BCUT2D eigenvalue weighted by molar-refractivity contribution is 5.91. The first-order valence-corrected chi connectivity index (χ1v) is 8.13. The van der Waals surface area contributed by atoms with E-state index in [2.05, 4.69) is 34.4 Å². The molecule has 0 aliphatic heterocycles.